The average molecular weight is 302 g/mol. The molecule has 0 aromatic heterocycles. The number of rotatable bonds is 4. The van der Waals surface area contributed by atoms with Crippen molar-refractivity contribution in [3.05, 3.63) is 46.5 Å². The second-order valence-corrected chi connectivity index (χ2v) is 4.68. The minimum Gasteiger partial charge on any atom is -0.358 e. The van der Waals surface area contributed by atoms with E-state index < -0.39 is 0 Å². The molecule has 0 atom stereocenters. The van der Waals surface area contributed by atoms with Gasteiger partial charge in [0.2, 0.25) is 0 Å². The number of hydrazone groups is 1. The van der Waals surface area contributed by atoms with Gasteiger partial charge in [-0.05, 0) is 31.3 Å². The highest BCUT2D eigenvalue weighted by molar-refractivity contribution is 7.80. The molecular formula is C12H13Cl2N3S. The quantitative estimate of drug-likeness (QED) is 0.387. The van der Waals surface area contributed by atoms with E-state index in [9.17, 15) is 0 Å². The second-order valence-electron chi connectivity index (χ2n) is 3.43. The van der Waals surface area contributed by atoms with Crippen LogP contribution in [0.4, 0.5) is 0 Å². The Bertz CT molecular complexity index is 486. The van der Waals surface area contributed by atoms with E-state index in [0.717, 1.165) is 11.3 Å². The molecule has 0 heterocycles. The topological polar surface area (TPSA) is 36.4 Å². The third-order valence-corrected chi connectivity index (χ3v) is 2.84. The van der Waals surface area contributed by atoms with E-state index in [1.165, 1.54) is 0 Å². The molecule has 0 aliphatic heterocycles. The molecule has 0 fully saturated rings. The number of nitrogens with one attached hydrogen (secondary N) is 2. The molecule has 0 aliphatic carbocycles. The summed E-state index contributed by atoms with van der Waals surface area (Å²) in [7, 11) is 0. The van der Waals surface area contributed by atoms with Crippen molar-refractivity contribution in [1.82, 2.24) is 10.7 Å². The summed E-state index contributed by atoms with van der Waals surface area (Å²) in [6.07, 6.45) is 1.71. The fourth-order valence-electron chi connectivity index (χ4n) is 1.18. The van der Waals surface area contributed by atoms with Crippen molar-refractivity contribution >= 4 is 46.2 Å². The fourth-order valence-corrected chi connectivity index (χ4v) is 1.86. The van der Waals surface area contributed by atoms with Crippen molar-refractivity contribution < 1.29 is 0 Å². The SMILES string of the molecule is C=CCNC(=S)N/N=C(/C)c1ccc(Cl)cc1Cl. The Labute approximate surface area is 122 Å². The summed E-state index contributed by atoms with van der Waals surface area (Å²) >= 11 is 16.9. The normalized spacial score (nSPS) is 10.9. The predicted octanol–water partition coefficient (Wildman–Crippen LogP) is 3.37. The van der Waals surface area contributed by atoms with Crippen LogP contribution < -0.4 is 10.7 Å². The third kappa shape index (κ3) is 4.64. The Balaban J connectivity index is 2.71. The van der Waals surface area contributed by atoms with E-state index in [0.29, 0.717) is 21.7 Å². The molecule has 0 saturated carbocycles. The van der Waals surface area contributed by atoms with Gasteiger partial charge in [-0.2, -0.15) is 5.10 Å². The summed E-state index contributed by atoms with van der Waals surface area (Å²) in [6.45, 7) is 6.00. The summed E-state index contributed by atoms with van der Waals surface area (Å²) in [5.74, 6) is 0. The Morgan fingerprint density at radius 1 is 1.50 bits per heavy atom. The third-order valence-electron chi connectivity index (χ3n) is 2.05. The van der Waals surface area contributed by atoms with Gasteiger partial charge in [-0.3, -0.25) is 5.43 Å². The zero-order valence-electron chi connectivity index (χ0n) is 9.84. The monoisotopic (exact) mass is 301 g/mol. The van der Waals surface area contributed by atoms with Gasteiger partial charge in [0.15, 0.2) is 5.11 Å². The molecule has 0 amide bonds. The molecule has 1 rings (SSSR count). The lowest BCUT2D eigenvalue weighted by Gasteiger charge is -2.07. The van der Waals surface area contributed by atoms with Crippen LogP contribution in [0, 0.1) is 0 Å². The van der Waals surface area contributed by atoms with E-state index in [1.807, 2.05) is 13.0 Å². The number of halogens is 2. The van der Waals surface area contributed by atoms with Crippen LogP contribution in [0.25, 0.3) is 0 Å². The highest BCUT2D eigenvalue weighted by Gasteiger charge is 2.04. The molecule has 1 aromatic rings. The Morgan fingerprint density at radius 3 is 2.83 bits per heavy atom. The van der Waals surface area contributed by atoms with E-state index in [1.54, 1.807) is 18.2 Å². The van der Waals surface area contributed by atoms with E-state index in [-0.39, 0.29) is 0 Å². The van der Waals surface area contributed by atoms with Gasteiger partial charge in [-0.15, -0.1) is 6.58 Å². The van der Waals surface area contributed by atoms with Crippen LogP contribution in [-0.4, -0.2) is 17.4 Å². The van der Waals surface area contributed by atoms with Gasteiger partial charge in [0.05, 0.1) is 10.7 Å². The van der Waals surface area contributed by atoms with Gasteiger partial charge in [-0.1, -0.05) is 35.3 Å². The first kappa shape index (κ1) is 15.0. The lowest BCUT2D eigenvalue weighted by molar-refractivity contribution is 0.936. The molecule has 0 saturated heterocycles. The van der Waals surface area contributed by atoms with Crippen LogP contribution >= 0.6 is 35.4 Å². The molecule has 18 heavy (non-hydrogen) atoms. The van der Waals surface area contributed by atoms with Crippen molar-refractivity contribution in [3.8, 4) is 0 Å². The zero-order chi connectivity index (χ0) is 13.5. The number of benzene rings is 1. The second kappa shape index (κ2) is 7.36. The van der Waals surface area contributed by atoms with Gasteiger partial charge < -0.3 is 5.32 Å². The van der Waals surface area contributed by atoms with E-state index in [2.05, 4.69) is 22.4 Å². The van der Waals surface area contributed by atoms with E-state index in [4.69, 9.17) is 35.4 Å². The van der Waals surface area contributed by atoms with Gasteiger partial charge in [-0.25, -0.2) is 0 Å². The number of nitrogens with zero attached hydrogens (tertiary/aromatic N) is 1. The summed E-state index contributed by atoms with van der Waals surface area (Å²) in [5.41, 5.74) is 4.25. The fraction of sp³-hybridized carbons (Fsp3) is 0.167. The van der Waals surface area contributed by atoms with Crippen LogP contribution in [0.1, 0.15) is 12.5 Å². The molecule has 96 valence electrons. The van der Waals surface area contributed by atoms with Gasteiger partial charge in [0, 0.05) is 17.1 Å². The maximum Gasteiger partial charge on any atom is 0.187 e. The minimum atomic E-state index is 0.430. The number of hydrogen-bond acceptors (Lipinski definition) is 2. The standard InChI is InChI=1S/C12H13Cl2N3S/c1-3-6-15-12(18)17-16-8(2)10-5-4-9(13)7-11(10)14/h3-5,7H,1,6H2,2H3,(H2,15,17,18)/b16-8-. The number of hydrogen-bond donors (Lipinski definition) is 2. The van der Waals surface area contributed by atoms with Gasteiger partial charge in [0.25, 0.3) is 0 Å². The largest absolute Gasteiger partial charge is 0.358 e. The molecule has 0 radical (unpaired) electrons. The van der Waals surface area contributed by atoms with Crippen LogP contribution in [0.15, 0.2) is 36.0 Å². The smallest absolute Gasteiger partial charge is 0.187 e. The van der Waals surface area contributed by atoms with Crippen LogP contribution in [-0.2, 0) is 0 Å². The molecular weight excluding hydrogens is 289 g/mol. The summed E-state index contributed by atoms with van der Waals surface area (Å²) in [4.78, 5) is 0. The minimum absolute atomic E-state index is 0.430. The number of thiocarbonyl (C=S) groups is 1. The first-order chi connectivity index (χ1) is 8.54. The molecule has 0 bridgehead atoms. The molecule has 1 aromatic carbocycles. The van der Waals surface area contributed by atoms with Gasteiger partial charge >= 0.3 is 0 Å². The molecule has 2 N–H and O–H groups in total. The van der Waals surface area contributed by atoms with E-state index >= 15 is 0 Å². The van der Waals surface area contributed by atoms with Gasteiger partial charge in [0.1, 0.15) is 0 Å². The van der Waals surface area contributed by atoms with Crippen molar-refractivity contribution in [2.45, 2.75) is 6.92 Å². The van der Waals surface area contributed by atoms with Crippen molar-refractivity contribution in [2.24, 2.45) is 5.10 Å². The van der Waals surface area contributed by atoms with Crippen molar-refractivity contribution in [1.29, 1.82) is 0 Å². The molecule has 6 heteroatoms. The van der Waals surface area contributed by atoms with Crippen LogP contribution in [0.2, 0.25) is 10.0 Å². The first-order valence-electron chi connectivity index (χ1n) is 5.19. The molecule has 0 spiro atoms. The lowest BCUT2D eigenvalue weighted by Crippen LogP contribution is -2.32. The molecule has 0 unspecified atom stereocenters. The highest BCUT2D eigenvalue weighted by atomic mass is 35.5. The maximum atomic E-state index is 6.07. The maximum absolute atomic E-state index is 6.07. The highest BCUT2D eigenvalue weighted by Crippen LogP contribution is 2.21. The lowest BCUT2D eigenvalue weighted by atomic mass is 10.1. The average Bonchev–Trinajstić information content (AvgIpc) is 2.33. The first-order valence-corrected chi connectivity index (χ1v) is 6.35. The summed E-state index contributed by atoms with van der Waals surface area (Å²) in [6, 6.07) is 5.24. The van der Waals surface area contributed by atoms with Crippen molar-refractivity contribution in [2.75, 3.05) is 6.54 Å². The van der Waals surface area contributed by atoms with Crippen LogP contribution in [0.5, 0.6) is 0 Å². The van der Waals surface area contributed by atoms with Crippen molar-refractivity contribution in [3.63, 3.8) is 0 Å². The summed E-state index contributed by atoms with van der Waals surface area (Å²) in [5, 5.41) is 8.61. The Kier molecular flexibility index (Phi) is 6.12. The summed E-state index contributed by atoms with van der Waals surface area (Å²) < 4.78 is 0. The molecule has 0 aliphatic rings. The predicted molar refractivity (Wildman–Crippen MR) is 82.6 cm³/mol. The van der Waals surface area contributed by atoms with Crippen LogP contribution in [0.3, 0.4) is 0 Å². The Morgan fingerprint density at radius 2 is 2.22 bits per heavy atom. The Hall–Kier alpha value is -1.10. The zero-order valence-corrected chi connectivity index (χ0v) is 12.2. The molecule has 3 nitrogen and oxygen atoms in total.